The van der Waals surface area contributed by atoms with Crippen LogP contribution in [0.4, 0.5) is 4.79 Å². The van der Waals surface area contributed by atoms with Gasteiger partial charge in [0.25, 0.3) is 0 Å². The molecule has 0 unspecified atom stereocenters. The molecule has 5 rings (SSSR count). The Hall–Kier alpha value is -5.30. The standard InChI is InChI=1S/C37H41N5O7S/c1-3-21(2)33(42-37(48)49-19-28-26-13-6-4-11-24(26)25-12-5-7-14-27(25)28)35(45)41-30(16-22-17-38-29-15-9-8-10-23(22)29)34(44)39-18-32(43)40-31(20-50)36(46)47/h4-15,17,21,28,30-31,33,38,50H,3,16,18-20H2,1-2H3,(H,39,44)(H,40,43)(H,41,45)(H,42,48)(H,46,47)/t21-,30-,31-,33-/m0/s1. The van der Waals surface area contributed by atoms with E-state index >= 15 is 0 Å². The number of benzene rings is 3. The second-order valence-corrected chi connectivity index (χ2v) is 12.7. The van der Waals surface area contributed by atoms with Gasteiger partial charge in [0.15, 0.2) is 0 Å². The van der Waals surface area contributed by atoms with Gasteiger partial charge in [-0.3, -0.25) is 14.4 Å². The first-order valence-corrected chi connectivity index (χ1v) is 17.1. The van der Waals surface area contributed by atoms with Gasteiger partial charge >= 0.3 is 12.1 Å². The zero-order valence-electron chi connectivity index (χ0n) is 27.8. The van der Waals surface area contributed by atoms with Crippen molar-refractivity contribution < 1.29 is 33.8 Å². The molecule has 50 heavy (non-hydrogen) atoms. The summed E-state index contributed by atoms with van der Waals surface area (Å²) in [6.45, 7) is 3.24. The van der Waals surface area contributed by atoms with Gasteiger partial charge in [-0.15, -0.1) is 0 Å². The maximum atomic E-state index is 13.8. The summed E-state index contributed by atoms with van der Waals surface area (Å²) in [6.07, 6.45) is 1.58. The average Bonchev–Trinajstić information content (AvgIpc) is 3.68. The third-order valence-corrected chi connectivity index (χ3v) is 9.45. The number of carbonyl (C=O) groups is 5. The Labute approximate surface area is 295 Å². The van der Waals surface area contributed by atoms with Crippen molar-refractivity contribution in [2.24, 2.45) is 5.92 Å². The number of hydrogen-bond donors (Lipinski definition) is 7. The highest BCUT2D eigenvalue weighted by atomic mass is 32.1. The molecule has 0 bridgehead atoms. The summed E-state index contributed by atoms with van der Waals surface area (Å²) in [7, 11) is 0. The number of fused-ring (bicyclic) bond motifs is 4. The highest BCUT2D eigenvalue weighted by Crippen LogP contribution is 2.44. The second-order valence-electron chi connectivity index (χ2n) is 12.3. The van der Waals surface area contributed by atoms with Crippen LogP contribution < -0.4 is 21.3 Å². The number of thiol groups is 1. The van der Waals surface area contributed by atoms with Crippen molar-refractivity contribution in [3.05, 3.63) is 95.7 Å². The van der Waals surface area contributed by atoms with Crippen molar-refractivity contribution in [3.63, 3.8) is 0 Å². The molecule has 3 aromatic carbocycles. The fourth-order valence-electron chi connectivity index (χ4n) is 6.18. The fraction of sp³-hybridized carbons (Fsp3) is 0.324. The molecular formula is C37H41N5O7S. The van der Waals surface area contributed by atoms with E-state index in [1.54, 1.807) is 6.20 Å². The Morgan fingerprint density at radius 2 is 1.50 bits per heavy atom. The van der Waals surface area contributed by atoms with E-state index in [1.807, 2.05) is 86.6 Å². The van der Waals surface area contributed by atoms with Crippen LogP contribution in [0.25, 0.3) is 22.0 Å². The highest BCUT2D eigenvalue weighted by Gasteiger charge is 2.33. The molecule has 4 aromatic rings. The summed E-state index contributed by atoms with van der Waals surface area (Å²) in [5.41, 5.74) is 5.89. The highest BCUT2D eigenvalue weighted by molar-refractivity contribution is 7.80. The first-order chi connectivity index (χ1) is 24.1. The third kappa shape index (κ3) is 8.28. The van der Waals surface area contributed by atoms with Crippen molar-refractivity contribution >= 4 is 53.3 Å². The van der Waals surface area contributed by atoms with E-state index in [0.717, 1.165) is 38.7 Å². The molecule has 4 amide bonds. The molecular weight excluding hydrogens is 659 g/mol. The number of carbonyl (C=O) groups excluding carboxylic acids is 4. The van der Waals surface area contributed by atoms with E-state index < -0.39 is 54.5 Å². The third-order valence-electron chi connectivity index (χ3n) is 9.08. The molecule has 4 atom stereocenters. The van der Waals surface area contributed by atoms with E-state index in [2.05, 4.69) is 38.9 Å². The molecule has 1 aliphatic carbocycles. The Kier molecular flexibility index (Phi) is 11.8. The van der Waals surface area contributed by atoms with Gasteiger partial charge in [0.1, 0.15) is 24.7 Å². The van der Waals surface area contributed by atoms with Crippen molar-refractivity contribution in [3.8, 4) is 11.1 Å². The molecule has 12 nitrogen and oxygen atoms in total. The Balaban J connectivity index is 1.28. The Morgan fingerprint density at radius 3 is 2.14 bits per heavy atom. The SMILES string of the molecule is CC[C@H](C)[C@H](NC(=O)OCC1c2ccccc2-c2ccccc21)C(=O)N[C@@H](Cc1c[nH]c2ccccc12)C(=O)NCC(=O)N[C@@H](CS)C(=O)O. The van der Waals surface area contributed by atoms with Crippen LogP contribution in [0.2, 0.25) is 0 Å². The lowest BCUT2D eigenvalue weighted by atomic mass is 9.97. The fourth-order valence-corrected chi connectivity index (χ4v) is 6.43. The number of para-hydroxylation sites is 1. The van der Waals surface area contributed by atoms with Crippen LogP contribution >= 0.6 is 12.6 Å². The number of carboxylic acid groups (broad SMARTS) is 1. The van der Waals surface area contributed by atoms with Gasteiger partial charge in [-0.1, -0.05) is 87.0 Å². The Morgan fingerprint density at radius 1 is 0.860 bits per heavy atom. The molecule has 6 N–H and O–H groups in total. The Bertz CT molecular complexity index is 1830. The predicted molar refractivity (Wildman–Crippen MR) is 192 cm³/mol. The van der Waals surface area contributed by atoms with Crippen molar-refractivity contribution in [2.45, 2.75) is 50.7 Å². The molecule has 0 saturated heterocycles. The number of aliphatic carboxylic acids is 1. The van der Waals surface area contributed by atoms with Crippen LogP contribution in [-0.4, -0.2) is 76.9 Å². The average molecular weight is 700 g/mol. The van der Waals surface area contributed by atoms with Crippen LogP contribution in [0.5, 0.6) is 0 Å². The number of nitrogens with one attached hydrogen (secondary N) is 5. The number of rotatable bonds is 15. The molecule has 0 fully saturated rings. The van der Waals surface area contributed by atoms with Gasteiger partial charge in [-0.05, 0) is 39.8 Å². The molecule has 0 radical (unpaired) electrons. The van der Waals surface area contributed by atoms with Gasteiger partial charge < -0.3 is 36.1 Å². The first kappa shape index (κ1) is 36.0. The minimum atomic E-state index is -1.26. The zero-order valence-corrected chi connectivity index (χ0v) is 28.7. The van der Waals surface area contributed by atoms with Crippen LogP contribution in [0.1, 0.15) is 42.9 Å². The molecule has 0 aliphatic heterocycles. The number of hydrogen-bond acceptors (Lipinski definition) is 7. The molecule has 0 spiro atoms. The number of H-pyrrole nitrogens is 1. The summed E-state index contributed by atoms with van der Waals surface area (Å²) in [5, 5.41) is 20.4. The summed E-state index contributed by atoms with van der Waals surface area (Å²) < 4.78 is 5.72. The summed E-state index contributed by atoms with van der Waals surface area (Å²) in [5.74, 6) is -3.88. The summed E-state index contributed by atoms with van der Waals surface area (Å²) >= 11 is 3.94. The number of ether oxygens (including phenoxy) is 1. The minimum Gasteiger partial charge on any atom is -0.480 e. The number of aromatic amines is 1. The van der Waals surface area contributed by atoms with E-state index in [0.29, 0.717) is 6.42 Å². The van der Waals surface area contributed by atoms with E-state index in [1.165, 1.54) is 0 Å². The summed E-state index contributed by atoms with van der Waals surface area (Å²) in [6, 6.07) is 20.0. The van der Waals surface area contributed by atoms with Crippen molar-refractivity contribution in [1.29, 1.82) is 0 Å². The maximum absolute atomic E-state index is 13.8. The summed E-state index contributed by atoms with van der Waals surface area (Å²) in [4.78, 5) is 67.5. The molecule has 1 heterocycles. The van der Waals surface area contributed by atoms with E-state index in [9.17, 15) is 29.1 Å². The van der Waals surface area contributed by atoms with Gasteiger partial charge in [0.2, 0.25) is 17.7 Å². The number of aromatic nitrogens is 1. The topological polar surface area (TPSA) is 179 Å². The predicted octanol–water partition coefficient (Wildman–Crippen LogP) is 3.76. The van der Waals surface area contributed by atoms with Crippen molar-refractivity contribution in [1.82, 2.24) is 26.3 Å². The minimum absolute atomic E-state index is 0.0652. The van der Waals surface area contributed by atoms with Crippen LogP contribution in [0, 0.1) is 5.92 Å². The van der Waals surface area contributed by atoms with E-state index in [4.69, 9.17) is 4.74 Å². The molecule has 1 aromatic heterocycles. The number of carboxylic acids is 1. The van der Waals surface area contributed by atoms with Crippen LogP contribution in [0.3, 0.4) is 0 Å². The van der Waals surface area contributed by atoms with E-state index in [-0.39, 0.29) is 30.6 Å². The largest absolute Gasteiger partial charge is 0.480 e. The van der Waals surface area contributed by atoms with Gasteiger partial charge in [-0.2, -0.15) is 12.6 Å². The lowest BCUT2D eigenvalue weighted by molar-refractivity contribution is -0.141. The number of alkyl carbamates (subject to hydrolysis) is 1. The smallest absolute Gasteiger partial charge is 0.407 e. The molecule has 13 heteroatoms. The first-order valence-electron chi connectivity index (χ1n) is 16.5. The molecule has 1 aliphatic rings. The van der Waals surface area contributed by atoms with Gasteiger partial charge in [-0.25, -0.2) is 9.59 Å². The quantitative estimate of drug-likeness (QED) is 0.0924. The van der Waals surface area contributed by atoms with Crippen molar-refractivity contribution in [2.75, 3.05) is 18.9 Å². The van der Waals surface area contributed by atoms with Gasteiger partial charge in [0.05, 0.1) is 6.54 Å². The number of amides is 4. The monoisotopic (exact) mass is 699 g/mol. The molecule has 0 saturated carbocycles. The molecule has 262 valence electrons. The normalized spacial score (nSPS) is 14.4. The zero-order chi connectivity index (χ0) is 35.8. The lowest BCUT2D eigenvalue weighted by Gasteiger charge is -2.26. The lowest BCUT2D eigenvalue weighted by Crippen LogP contribution is -2.57. The van der Waals surface area contributed by atoms with Crippen LogP contribution in [0.15, 0.2) is 79.0 Å². The maximum Gasteiger partial charge on any atom is 0.407 e. The second kappa shape index (κ2) is 16.4. The van der Waals surface area contributed by atoms with Gasteiger partial charge in [0, 0.05) is 35.2 Å². The van der Waals surface area contributed by atoms with Crippen LogP contribution in [-0.2, 0) is 30.3 Å².